The van der Waals surface area contributed by atoms with Gasteiger partial charge >= 0.3 is 0 Å². The number of rotatable bonds is 0. The van der Waals surface area contributed by atoms with Gasteiger partial charge in [-0.3, -0.25) is 0 Å². The van der Waals surface area contributed by atoms with Gasteiger partial charge in [-0.05, 0) is 29.8 Å². The Morgan fingerprint density at radius 2 is 1.17 bits per heavy atom. The van der Waals surface area contributed by atoms with Gasteiger partial charge in [0.2, 0.25) is 0 Å². The molecule has 0 aliphatic heterocycles. The molecule has 94 valence electrons. The zero-order valence-electron chi connectivity index (χ0n) is 10.7. The third kappa shape index (κ3) is 4.44. The number of aliphatic hydroxyl groups is 1. The van der Waals surface area contributed by atoms with Gasteiger partial charge in [-0.25, -0.2) is 0 Å². The Hall–Kier alpha value is -2.06. The molecule has 0 aliphatic carbocycles. The van der Waals surface area contributed by atoms with Crippen LogP contribution in [0.5, 0.6) is 0 Å². The van der Waals surface area contributed by atoms with Crippen LogP contribution in [0, 0.1) is 6.92 Å². The van der Waals surface area contributed by atoms with E-state index in [-0.39, 0.29) is 0 Å². The molecule has 0 amide bonds. The largest absolute Gasteiger partial charge is 0.470 e. The number of hydrogen-bond acceptors (Lipinski definition) is 2. The fraction of sp³-hybridized carbons (Fsp3) is 0.125. The van der Waals surface area contributed by atoms with E-state index in [1.165, 1.54) is 10.8 Å². The van der Waals surface area contributed by atoms with Gasteiger partial charge in [0.1, 0.15) is 5.76 Å². The minimum atomic E-state index is 0.968. The minimum Gasteiger partial charge on any atom is -0.470 e. The van der Waals surface area contributed by atoms with Crippen LogP contribution in [0.15, 0.2) is 71.3 Å². The van der Waals surface area contributed by atoms with Gasteiger partial charge in [0.25, 0.3) is 0 Å². The molecule has 0 aliphatic rings. The maximum Gasteiger partial charge on any atom is 0.100 e. The Morgan fingerprint density at radius 1 is 0.722 bits per heavy atom. The summed E-state index contributed by atoms with van der Waals surface area (Å²) >= 11 is 0. The van der Waals surface area contributed by atoms with Crippen molar-refractivity contribution in [3.63, 3.8) is 0 Å². The molecule has 0 fully saturated rings. The second-order valence-corrected chi connectivity index (χ2v) is 3.57. The molecule has 0 unspecified atom stereocenters. The van der Waals surface area contributed by atoms with Crippen molar-refractivity contribution >= 4 is 10.8 Å². The van der Waals surface area contributed by atoms with Crippen molar-refractivity contribution in [2.75, 3.05) is 7.11 Å². The lowest BCUT2D eigenvalue weighted by Gasteiger charge is -1.92. The number of hydrogen-bond donors (Lipinski definition) is 1. The van der Waals surface area contributed by atoms with Crippen LogP contribution < -0.4 is 0 Å². The molecule has 3 aromatic rings. The molecule has 2 aromatic carbocycles. The molecular weight excluding hydrogens is 224 g/mol. The van der Waals surface area contributed by atoms with Gasteiger partial charge in [-0.1, -0.05) is 48.5 Å². The van der Waals surface area contributed by atoms with Crippen LogP contribution in [0.25, 0.3) is 10.8 Å². The number of furan rings is 1. The van der Waals surface area contributed by atoms with Crippen molar-refractivity contribution < 1.29 is 9.52 Å². The molecule has 0 saturated heterocycles. The van der Waals surface area contributed by atoms with Crippen molar-refractivity contribution in [3.8, 4) is 0 Å². The highest BCUT2D eigenvalue weighted by Crippen LogP contribution is 2.11. The predicted molar refractivity (Wildman–Crippen MR) is 75.5 cm³/mol. The summed E-state index contributed by atoms with van der Waals surface area (Å²) in [5.74, 6) is 0.968. The van der Waals surface area contributed by atoms with Gasteiger partial charge in [0.05, 0.1) is 6.26 Å². The first kappa shape index (κ1) is 14.0. The molecule has 1 aromatic heterocycles. The summed E-state index contributed by atoms with van der Waals surface area (Å²) in [5.41, 5.74) is 0. The monoisotopic (exact) mass is 242 g/mol. The Morgan fingerprint density at radius 3 is 1.39 bits per heavy atom. The maximum atomic E-state index is 7.00. The highest BCUT2D eigenvalue weighted by molar-refractivity contribution is 5.81. The fourth-order valence-electron chi connectivity index (χ4n) is 1.49. The van der Waals surface area contributed by atoms with Gasteiger partial charge in [-0.2, -0.15) is 0 Å². The summed E-state index contributed by atoms with van der Waals surface area (Å²) in [4.78, 5) is 0. The van der Waals surface area contributed by atoms with Crippen LogP contribution in [0.2, 0.25) is 0 Å². The first-order valence-corrected chi connectivity index (χ1v) is 5.75. The Kier molecular flexibility index (Phi) is 6.30. The Labute approximate surface area is 108 Å². The number of aryl methyl sites for hydroxylation is 1. The summed E-state index contributed by atoms with van der Waals surface area (Å²) in [6.45, 7) is 1.92. The van der Waals surface area contributed by atoms with Crippen molar-refractivity contribution in [2.45, 2.75) is 6.92 Å². The fourth-order valence-corrected chi connectivity index (χ4v) is 1.49. The molecule has 0 spiro atoms. The van der Waals surface area contributed by atoms with E-state index in [9.17, 15) is 0 Å². The second-order valence-electron chi connectivity index (χ2n) is 3.57. The Bertz CT molecular complexity index is 476. The maximum absolute atomic E-state index is 7.00. The first-order valence-electron chi connectivity index (χ1n) is 5.75. The van der Waals surface area contributed by atoms with E-state index in [2.05, 4.69) is 48.5 Å². The number of aliphatic hydroxyl groups excluding tert-OH is 1. The summed E-state index contributed by atoms with van der Waals surface area (Å²) in [7, 11) is 1.00. The lowest BCUT2D eigenvalue weighted by atomic mass is 10.1. The van der Waals surface area contributed by atoms with Crippen LogP contribution >= 0.6 is 0 Å². The van der Waals surface area contributed by atoms with E-state index in [1.54, 1.807) is 6.26 Å². The first-order chi connectivity index (χ1) is 8.86. The van der Waals surface area contributed by atoms with Crippen LogP contribution in [0.3, 0.4) is 0 Å². The summed E-state index contributed by atoms with van der Waals surface area (Å²) < 4.78 is 4.83. The summed E-state index contributed by atoms with van der Waals surface area (Å²) in [5, 5.41) is 9.62. The Balaban J connectivity index is 0.000000174. The molecule has 0 atom stereocenters. The zero-order valence-corrected chi connectivity index (χ0v) is 10.7. The van der Waals surface area contributed by atoms with Crippen LogP contribution in [-0.4, -0.2) is 12.2 Å². The molecule has 18 heavy (non-hydrogen) atoms. The lowest BCUT2D eigenvalue weighted by molar-refractivity contribution is 0.399. The standard InChI is InChI=1S/C10H8.C5H6O.CH4O/c1-2-6-10-8-4-3-7-9(10)5-1;1-5-3-2-4-6-5;1-2/h1-8H;2-4H,1H3;2H,1H3. The van der Waals surface area contributed by atoms with Crippen molar-refractivity contribution in [1.82, 2.24) is 0 Å². The normalized spacial score (nSPS) is 8.83. The average molecular weight is 242 g/mol. The van der Waals surface area contributed by atoms with Gasteiger partial charge < -0.3 is 9.52 Å². The number of benzene rings is 2. The number of fused-ring (bicyclic) bond motifs is 1. The summed E-state index contributed by atoms with van der Waals surface area (Å²) in [6.07, 6.45) is 1.66. The van der Waals surface area contributed by atoms with E-state index in [0.29, 0.717) is 0 Å². The van der Waals surface area contributed by atoms with E-state index in [0.717, 1.165) is 12.9 Å². The van der Waals surface area contributed by atoms with Gasteiger partial charge in [0, 0.05) is 7.11 Å². The SMILES string of the molecule is CO.Cc1ccco1.c1ccc2ccccc2c1. The van der Waals surface area contributed by atoms with Crippen molar-refractivity contribution in [3.05, 3.63) is 72.7 Å². The minimum absolute atomic E-state index is 0.968. The van der Waals surface area contributed by atoms with Crippen LogP contribution in [0.4, 0.5) is 0 Å². The zero-order chi connectivity index (χ0) is 13.2. The molecule has 2 heteroatoms. The third-order valence-electron chi connectivity index (χ3n) is 2.32. The molecule has 0 radical (unpaired) electrons. The smallest absolute Gasteiger partial charge is 0.100 e. The van der Waals surface area contributed by atoms with Crippen molar-refractivity contribution in [2.24, 2.45) is 0 Å². The lowest BCUT2D eigenvalue weighted by Crippen LogP contribution is -1.67. The molecule has 2 nitrogen and oxygen atoms in total. The second kappa shape index (κ2) is 8.09. The van der Waals surface area contributed by atoms with E-state index in [4.69, 9.17) is 9.52 Å². The predicted octanol–water partition coefficient (Wildman–Crippen LogP) is 4.04. The molecule has 3 rings (SSSR count). The van der Waals surface area contributed by atoms with Crippen LogP contribution in [-0.2, 0) is 0 Å². The molecule has 1 heterocycles. The molecule has 1 N–H and O–H groups in total. The summed E-state index contributed by atoms with van der Waals surface area (Å²) in [6, 6.07) is 20.5. The highest BCUT2D eigenvalue weighted by Gasteiger charge is 1.85. The van der Waals surface area contributed by atoms with Gasteiger partial charge in [-0.15, -0.1) is 0 Å². The molecular formula is C16H18O2. The van der Waals surface area contributed by atoms with E-state index >= 15 is 0 Å². The molecule has 0 saturated carbocycles. The highest BCUT2D eigenvalue weighted by atomic mass is 16.3. The third-order valence-corrected chi connectivity index (χ3v) is 2.32. The van der Waals surface area contributed by atoms with Crippen LogP contribution in [0.1, 0.15) is 5.76 Å². The topological polar surface area (TPSA) is 33.4 Å². The molecule has 0 bridgehead atoms. The average Bonchev–Trinajstić information content (AvgIpc) is 2.93. The quantitative estimate of drug-likeness (QED) is 0.645. The van der Waals surface area contributed by atoms with E-state index < -0.39 is 0 Å². The van der Waals surface area contributed by atoms with Gasteiger partial charge in [0.15, 0.2) is 0 Å². The van der Waals surface area contributed by atoms with E-state index in [1.807, 2.05) is 19.1 Å². The van der Waals surface area contributed by atoms with Crippen molar-refractivity contribution in [1.29, 1.82) is 0 Å².